The largest absolute Gasteiger partial charge is 0.481 e. The third-order valence-electron chi connectivity index (χ3n) is 1.65. The van der Waals surface area contributed by atoms with Crippen LogP contribution in [0.25, 0.3) is 0 Å². The van der Waals surface area contributed by atoms with Crippen molar-refractivity contribution >= 4 is 12.1 Å². The molecule has 0 rings (SSSR count). The monoisotopic (exact) mass is 263 g/mol. The van der Waals surface area contributed by atoms with Crippen LogP contribution in [0.5, 0.6) is 0 Å². The van der Waals surface area contributed by atoms with Gasteiger partial charge in [-0.2, -0.15) is 0 Å². The maximum atomic E-state index is 11.2. The van der Waals surface area contributed by atoms with Gasteiger partial charge in [0.1, 0.15) is 5.60 Å². The fraction of sp³-hybridized carbons (Fsp3) is 0.818. The number of nitrogens with one attached hydrogen (secondary N) is 1. The molecular formula is C11H21NO6. The van der Waals surface area contributed by atoms with E-state index in [9.17, 15) is 14.7 Å². The predicted molar refractivity (Wildman–Crippen MR) is 63.3 cm³/mol. The normalized spacial score (nSPS) is 12.9. The second kappa shape index (κ2) is 7.88. The van der Waals surface area contributed by atoms with E-state index in [4.69, 9.17) is 14.6 Å². The van der Waals surface area contributed by atoms with E-state index in [1.54, 1.807) is 20.8 Å². The van der Waals surface area contributed by atoms with E-state index in [-0.39, 0.29) is 26.2 Å². The number of carbonyl (C=O) groups is 2. The van der Waals surface area contributed by atoms with Gasteiger partial charge in [-0.05, 0) is 20.8 Å². The average molecular weight is 263 g/mol. The standard InChI is InChI=1S/C11H21NO6/c1-11(2,3)18-10(16)12-6-8(13)7-17-5-4-9(14)15/h8,13H,4-7H2,1-3H3,(H,12,16)(H,14,15). The molecule has 0 saturated carbocycles. The molecule has 0 bridgehead atoms. The number of rotatable bonds is 7. The van der Waals surface area contributed by atoms with Gasteiger partial charge in [0.2, 0.25) is 0 Å². The highest BCUT2D eigenvalue weighted by Crippen LogP contribution is 2.06. The van der Waals surface area contributed by atoms with Crippen molar-refractivity contribution in [3.05, 3.63) is 0 Å². The second-order valence-electron chi connectivity index (χ2n) is 4.76. The Morgan fingerprint density at radius 3 is 2.44 bits per heavy atom. The molecule has 0 saturated heterocycles. The van der Waals surface area contributed by atoms with Crippen molar-refractivity contribution < 1.29 is 29.3 Å². The van der Waals surface area contributed by atoms with Crippen LogP contribution in [-0.2, 0) is 14.3 Å². The Morgan fingerprint density at radius 1 is 1.33 bits per heavy atom. The van der Waals surface area contributed by atoms with Crippen LogP contribution in [0, 0.1) is 0 Å². The van der Waals surface area contributed by atoms with E-state index in [2.05, 4.69) is 5.32 Å². The van der Waals surface area contributed by atoms with Crippen LogP contribution in [0.3, 0.4) is 0 Å². The summed E-state index contributed by atoms with van der Waals surface area (Å²) in [5.41, 5.74) is -0.590. The van der Waals surface area contributed by atoms with Gasteiger partial charge < -0.3 is 25.0 Å². The first-order chi connectivity index (χ1) is 8.20. The van der Waals surface area contributed by atoms with E-state index in [1.807, 2.05) is 0 Å². The number of carboxylic acid groups (broad SMARTS) is 1. The van der Waals surface area contributed by atoms with E-state index in [0.29, 0.717) is 0 Å². The molecule has 7 heteroatoms. The Hall–Kier alpha value is -1.34. The van der Waals surface area contributed by atoms with Gasteiger partial charge in [-0.15, -0.1) is 0 Å². The molecule has 0 aliphatic rings. The van der Waals surface area contributed by atoms with Crippen molar-refractivity contribution in [3.63, 3.8) is 0 Å². The van der Waals surface area contributed by atoms with Crippen molar-refractivity contribution in [1.29, 1.82) is 0 Å². The summed E-state index contributed by atoms with van der Waals surface area (Å²) in [5, 5.41) is 20.1. The molecule has 18 heavy (non-hydrogen) atoms. The number of aliphatic carboxylic acids is 1. The fourth-order valence-corrected chi connectivity index (χ4v) is 0.953. The summed E-state index contributed by atoms with van der Waals surface area (Å²) in [6, 6.07) is 0. The number of alkyl carbamates (subject to hydrolysis) is 1. The maximum Gasteiger partial charge on any atom is 0.407 e. The van der Waals surface area contributed by atoms with Crippen LogP contribution in [0.1, 0.15) is 27.2 Å². The van der Waals surface area contributed by atoms with Gasteiger partial charge in [-0.1, -0.05) is 0 Å². The highest BCUT2D eigenvalue weighted by molar-refractivity contribution is 5.67. The summed E-state index contributed by atoms with van der Waals surface area (Å²) in [7, 11) is 0. The third kappa shape index (κ3) is 11.2. The minimum atomic E-state index is -0.962. The van der Waals surface area contributed by atoms with Crippen LogP contribution >= 0.6 is 0 Å². The van der Waals surface area contributed by atoms with E-state index in [1.165, 1.54) is 0 Å². The summed E-state index contributed by atoms with van der Waals surface area (Å²) in [5.74, 6) is -0.962. The van der Waals surface area contributed by atoms with Crippen molar-refractivity contribution in [2.45, 2.75) is 38.9 Å². The molecule has 0 spiro atoms. The molecule has 1 atom stereocenters. The number of aliphatic hydroxyl groups excluding tert-OH is 1. The molecule has 1 amide bonds. The molecule has 0 radical (unpaired) electrons. The zero-order valence-corrected chi connectivity index (χ0v) is 10.9. The first-order valence-electron chi connectivity index (χ1n) is 5.65. The Balaban J connectivity index is 3.61. The SMILES string of the molecule is CC(C)(C)OC(=O)NCC(O)COCCC(=O)O. The number of ether oxygens (including phenoxy) is 2. The first kappa shape index (κ1) is 16.7. The average Bonchev–Trinajstić information content (AvgIpc) is 2.19. The Labute approximate surface area is 106 Å². The highest BCUT2D eigenvalue weighted by Gasteiger charge is 2.16. The molecule has 106 valence electrons. The number of aliphatic hydroxyl groups is 1. The van der Waals surface area contributed by atoms with Gasteiger partial charge in [0.25, 0.3) is 0 Å². The number of amides is 1. The quantitative estimate of drug-likeness (QED) is 0.573. The van der Waals surface area contributed by atoms with E-state index >= 15 is 0 Å². The third-order valence-corrected chi connectivity index (χ3v) is 1.65. The van der Waals surface area contributed by atoms with Gasteiger partial charge >= 0.3 is 12.1 Å². The van der Waals surface area contributed by atoms with Crippen molar-refractivity contribution in [2.75, 3.05) is 19.8 Å². The van der Waals surface area contributed by atoms with E-state index < -0.39 is 23.8 Å². The van der Waals surface area contributed by atoms with Crippen LogP contribution in [-0.4, -0.2) is 53.7 Å². The Kier molecular flexibility index (Phi) is 7.30. The van der Waals surface area contributed by atoms with Crippen molar-refractivity contribution in [1.82, 2.24) is 5.32 Å². The molecule has 0 aromatic heterocycles. The lowest BCUT2D eigenvalue weighted by Crippen LogP contribution is -2.38. The summed E-state index contributed by atoms with van der Waals surface area (Å²) in [4.78, 5) is 21.4. The zero-order chi connectivity index (χ0) is 14.2. The van der Waals surface area contributed by atoms with Crippen LogP contribution < -0.4 is 5.32 Å². The van der Waals surface area contributed by atoms with Crippen LogP contribution in [0.15, 0.2) is 0 Å². The lowest BCUT2D eigenvalue weighted by atomic mass is 10.2. The first-order valence-corrected chi connectivity index (χ1v) is 5.65. The van der Waals surface area contributed by atoms with Crippen LogP contribution in [0.4, 0.5) is 4.79 Å². The summed E-state index contributed by atoms with van der Waals surface area (Å²) >= 11 is 0. The second-order valence-corrected chi connectivity index (χ2v) is 4.76. The summed E-state index contributed by atoms with van der Waals surface area (Å²) < 4.78 is 9.88. The zero-order valence-electron chi connectivity index (χ0n) is 10.9. The Bertz CT molecular complexity index is 273. The smallest absolute Gasteiger partial charge is 0.407 e. The van der Waals surface area contributed by atoms with Gasteiger partial charge in [-0.25, -0.2) is 4.79 Å². The van der Waals surface area contributed by atoms with Crippen molar-refractivity contribution in [3.8, 4) is 0 Å². The molecule has 0 aromatic carbocycles. The summed E-state index contributed by atoms with van der Waals surface area (Å²) in [6.45, 7) is 5.18. The number of hydrogen-bond acceptors (Lipinski definition) is 5. The molecule has 0 heterocycles. The molecular weight excluding hydrogens is 242 g/mol. The number of hydrogen-bond donors (Lipinski definition) is 3. The van der Waals surface area contributed by atoms with Gasteiger partial charge in [0.15, 0.2) is 0 Å². The van der Waals surface area contributed by atoms with Crippen LogP contribution in [0.2, 0.25) is 0 Å². The lowest BCUT2D eigenvalue weighted by molar-refractivity contribution is -0.138. The molecule has 3 N–H and O–H groups in total. The Morgan fingerprint density at radius 2 is 1.94 bits per heavy atom. The van der Waals surface area contributed by atoms with Gasteiger partial charge in [0.05, 0.1) is 25.7 Å². The minimum absolute atomic E-state index is 0.0119. The van der Waals surface area contributed by atoms with E-state index in [0.717, 1.165) is 0 Å². The predicted octanol–water partition coefficient (Wildman–Crippen LogP) is 0.363. The molecule has 0 aromatic rings. The lowest BCUT2D eigenvalue weighted by Gasteiger charge is -2.20. The van der Waals surface area contributed by atoms with Crippen molar-refractivity contribution in [2.24, 2.45) is 0 Å². The highest BCUT2D eigenvalue weighted by atomic mass is 16.6. The minimum Gasteiger partial charge on any atom is -0.481 e. The molecule has 7 nitrogen and oxygen atoms in total. The topological polar surface area (TPSA) is 105 Å². The molecule has 0 aliphatic heterocycles. The molecule has 0 aliphatic carbocycles. The number of carbonyl (C=O) groups excluding carboxylic acids is 1. The maximum absolute atomic E-state index is 11.2. The number of carboxylic acids is 1. The summed E-state index contributed by atoms with van der Waals surface area (Å²) in [6.07, 6.45) is -1.63. The van der Waals surface area contributed by atoms with Gasteiger partial charge in [0, 0.05) is 6.54 Å². The van der Waals surface area contributed by atoms with Gasteiger partial charge in [-0.3, -0.25) is 4.79 Å². The molecule has 0 fully saturated rings. The molecule has 1 unspecified atom stereocenters. The fourth-order valence-electron chi connectivity index (χ4n) is 0.953.